The average Bonchev–Trinajstić information content (AvgIpc) is 2.26. The summed E-state index contributed by atoms with van der Waals surface area (Å²) in [5, 5.41) is 6.95. The molecule has 0 aliphatic heterocycles. The first-order valence-corrected chi connectivity index (χ1v) is 5.11. The Morgan fingerprint density at radius 1 is 1.41 bits per heavy atom. The molecule has 0 aliphatic carbocycles. The molecule has 2 aromatic rings. The minimum atomic E-state index is -0.403. The molecule has 1 aromatic heterocycles. The highest BCUT2D eigenvalue weighted by Crippen LogP contribution is 2.13. The summed E-state index contributed by atoms with van der Waals surface area (Å²) < 4.78 is 1.15. The smallest absolute Gasteiger partial charge is 0.309 e. The minimum Gasteiger partial charge on any atom is -0.379 e. The van der Waals surface area contributed by atoms with Gasteiger partial charge in [-0.25, -0.2) is 4.68 Å². The molecule has 0 aliphatic rings. The Hall–Kier alpha value is -2.37. The molecule has 0 amide bonds. The highest BCUT2D eigenvalue weighted by molar-refractivity contribution is 5.54. The molecule has 0 atom stereocenters. The van der Waals surface area contributed by atoms with Crippen LogP contribution in [0.3, 0.4) is 0 Å². The first kappa shape index (κ1) is 11.1. The quantitative estimate of drug-likeness (QED) is 0.798. The summed E-state index contributed by atoms with van der Waals surface area (Å²) >= 11 is 0. The number of hydrogen-bond acceptors (Lipinski definition) is 5. The van der Waals surface area contributed by atoms with Crippen LogP contribution in [-0.2, 0) is 7.05 Å². The van der Waals surface area contributed by atoms with Gasteiger partial charge in [-0.1, -0.05) is 12.1 Å². The first-order chi connectivity index (χ1) is 8.06. The van der Waals surface area contributed by atoms with Crippen molar-refractivity contribution in [1.29, 1.82) is 0 Å². The Bertz CT molecular complexity index is 579. The van der Waals surface area contributed by atoms with Crippen LogP contribution in [0.5, 0.6) is 0 Å². The zero-order valence-electron chi connectivity index (χ0n) is 9.64. The number of nitrogens with zero attached hydrogens (tertiary/aromatic N) is 3. The van der Waals surface area contributed by atoms with E-state index in [1.54, 1.807) is 0 Å². The maximum atomic E-state index is 11.3. The Morgan fingerprint density at radius 3 is 2.82 bits per heavy atom. The fraction of sp³-hybridized carbons (Fsp3) is 0.182. The van der Waals surface area contributed by atoms with Crippen LogP contribution in [0.1, 0.15) is 5.56 Å². The number of anilines is 3. The van der Waals surface area contributed by atoms with Gasteiger partial charge in [0, 0.05) is 12.7 Å². The molecule has 17 heavy (non-hydrogen) atoms. The van der Waals surface area contributed by atoms with Crippen LogP contribution in [0.4, 0.5) is 17.5 Å². The van der Waals surface area contributed by atoms with E-state index in [1.165, 1.54) is 7.05 Å². The molecule has 1 aromatic carbocycles. The van der Waals surface area contributed by atoms with E-state index in [0.29, 0.717) is 5.95 Å². The SMILES string of the molecule is Cc1cccc(Nc2nc(N)c(=O)n(C)n2)c1. The highest BCUT2D eigenvalue weighted by Gasteiger charge is 2.04. The van der Waals surface area contributed by atoms with Gasteiger partial charge in [-0.15, -0.1) is 5.10 Å². The molecule has 88 valence electrons. The third kappa shape index (κ3) is 2.41. The predicted octanol–water partition coefficient (Wildman–Crippen LogP) is 0.810. The van der Waals surface area contributed by atoms with Gasteiger partial charge in [-0.2, -0.15) is 4.98 Å². The maximum Gasteiger partial charge on any atom is 0.309 e. The predicted molar refractivity (Wildman–Crippen MR) is 66.1 cm³/mol. The zero-order chi connectivity index (χ0) is 12.4. The van der Waals surface area contributed by atoms with Crippen molar-refractivity contribution in [2.24, 2.45) is 7.05 Å². The van der Waals surface area contributed by atoms with Gasteiger partial charge in [0.1, 0.15) is 0 Å². The Balaban J connectivity index is 2.34. The van der Waals surface area contributed by atoms with Crippen LogP contribution in [-0.4, -0.2) is 14.8 Å². The van der Waals surface area contributed by atoms with Gasteiger partial charge >= 0.3 is 5.56 Å². The third-order valence-corrected chi connectivity index (χ3v) is 2.26. The van der Waals surface area contributed by atoms with E-state index < -0.39 is 5.56 Å². The monoisotopic (exact) mass is 231 g/mol. The summed E-state index contributed by atoms with van der Waals surface area (Å²) in [6.07, 6.45) is 0. The molecular formula is C11H13N5O. The van der Waals surface area contributed by atoms with Crippen molar-refractivity contribution in [2.75, 3.05) is 11.1 Å². The number of aryl methyl sites for hydroxylation is 2. The van der Waals surface area contributed by atoms with Gasteiger partial charge in [-0.05, 0) is 24.6 Å². The van der Waals surface area contributed by atoms with Crippen LogP contribution >= 0.6 is 0 Å². The van der Waals surface area contributed by atoms with Crippen molar-refractivity contribution in [3.05, 3.63) is 40.2 Å². The molecule has 0 saturated heterocycles. The maximum absolute atomic E-state index is 11.3. The Kier molecular flexibility index (Phi) is 2.78. The zero-order valence-corrected chi connectivity index (χ0v) is 9.64. The molecule has 3 N–H and O–H groups in total. The number of nitrogens with one attached hydrogen (secondary N) is 1. The van der Waals surface area contributed by atoms with Crippen molar-refractivity contribution in [2.45, 2.75) is 6.92 Å². The minimum absolute atomic E-state index is 0.0716. The van der Waals surface area contributed by atoms with Crippen molar-refractivity contribution < 1.29 is 0 Å². The molecule has 0 radical (unpaired) electrons. The van der Waals surface area contributed by atoms with Gasteiger partial charge in [0.15, 0.2) is 5.82 Å². The highest BCUT2D eigenvalue weighted by atomic mass is 16.1. The van der Waals surface area contributed by atoms with Crippen LogP contribution in [0, 0.1) is 6.92 Å². The molecule has 0 unspecified atom stereocenters. The second-order valence-corrected chi connectivity index (χ2v) is 3.74. The Labute approximate surface area is 98.1 Å². The van der Waals surface area contributed by atoms with E-state index in [1.807, 2.05) is 31.2 Å². The van der Waals surface area contributed by atoms with E-state index in [4.69, 9.17) is 5.73 Å². The molecular weight excluding hydrogens is 218 g/mol. The topological polar surface area (TPSA) is 85.8 Å². The molecule has 1 heterocycles. The number of nitrogens with two attached hydrogens (primary N) is 1. The summed E-state index contributed by atoms with van der Waals surface area (Å²) in [6.45, 7) is 1.99. The third-order valence-electron chi connectivity index (χ3n) is 2.26. The average molecular weight is 231 g/mol. The lowest BCUT2D eigenvalue weighted by molar-refractivity contribution is 0.700. The van der Waals surface area contributed by atoms with Crippen LogP contribution in [0.2, 0.25) is 0 Å². The summed E-state index contributed by atoms with van der Waals surface area (Å²) in [5.41, 5.74) is 7.05. The van der Waals surface area contributed by atoms with E-state index in [-0.39, 0.29) is 5.82 Å². The van der Waals surface area contributed by atoms with Gasteiger partial charge < -0.3 is 11.1 Å². The largest absolute Gasteiger partial charge is 0.379 e. The molecule has 0 saturated carbocycles. The second kappa shape index (κ2) is 4.25. The van der Waals surface area contributed by atoms with E-state index in [9.17, 15) is 4.79 Å². The summed E-state index contributed by atoms with van der Waals surface area (Å²) in [6, 6.07) is 7.74. The van der Waals surface area contributed by atoms with Gasteiger partial charge in [0.05, 0.1) is 0 Å². The lowest BCUT2D eigenvalue weighted by Crippen LogP contribution is -2.25. The van der Waals surface area contributed by atoms with Crippen molar-refractivity contribution in [3.63, 3.8) is 0 Å². The van der Waals surface area contributed by atoms with Crippen LogP contribution in [0.25, 0.3) is 0 Å². The number of hydrogen-bond donors (Lipinski definition) is 2. The fourth-order valence-electron chi connectivity index (χ4n) is 1.44. The number of rotatable bonds is 2. The summed E-state index contributed by atoms with van der Waals surface area (Å²) in [5.74, 6) is 0.229. The normalized spacial score (nSPS) is 10.2. The molecule has 6 heteroatoms. The van der Waals surface area contributed by atoms with Gasteiger partial charge in [-0.3, -0.25) is 4.79 Å². The first-order valence-electron chi connectivity index (χ1n) is 5.11. The molecule has 6 nitrogen and oxygen atoms in total. The molecule has 0 bridgehead atoms. The fourth-order valence-corrected chi connectivity index (χ4v) is 1.44. The number of benzene rings is 1. The van der Waals surface area contributed by atoms with Crippen molar-refractivity contribution in [3.8, 4) is 0 Å². The molecule has 0 fully saturated rings. The Morgan fingerprint density at radius 2 is 2.18 bits per heavy atom. The van der Waals surface area contributed by atoms with Gasteiger partial charge in [0.25, 0.3) is 0 Å². The lowest BCUT2D eigenvalue weighted by Gasteiger charge is -2.06. The summed E-state index contributed by atoms with van der Waals surface area (Å²) in [7, 11) is 1.53. The van der Waals surface area contributed by atoms with Crippen molar-refractivity contribution in [1.82, 2.24) is 14.8 Å². The molecule has 2 rings (SSSR count). The summed E-state index contributed by atoms with van der Waals surface area (Å²) in [4.78, 5) is 15.2. The lowest BCUT2D eigenvalue weighted by atomic mass is 10.2. The number of aromatic nitrogens is 3. The van der Waals surface area contributed by atoms with Crippen LogP contribution in [0.15, 0.2) is 29.1 Å². The standard InChI is InChI=1S/C11H13N5O/c1-7-4-3-5-8(6-7)13-11-14-9(12)10(17)16(2)15-11/h3-6H,1-2H3,(H3,12,13,14,15). The van der Waals surface area contributed by atoms with E-state index >= 15 is 0 Å². The molecule has 0 spiro atoms. The van der Waals surface area contributed by atoms with E-state index in [2.05, 4.69) is 15.4 Å². The second-order valence-electron chi connectivity index (χ2n) is 3.74. The van der Waals surface area contributed by atoms with Crippen LogP contribution < -0.4 is 16.6 Å². The van der Waals surface area contributed by atoms with Crippen molar-refractivity contribution >= 4 is 17.5 Å². The van der Waals surface area contributed by atoms with Gasteiger partial charge in [0.2, 0.25) is 5.95 Å². The van der Waals surface area contributed by atoms with E-state index in [0.717, 1.165) is 15.9 Å². The number of nitrogen functional groups attached to an aromatic ring is 1.